The van der Waals surface area contributed by atoms with Gasteiger partial charge in [0, 0.05) is 19.4 Å². The molecule has 0 unspecified atom stereocenters. The van der Waals surface area contributed by atoms with Crippen LogP contribution >= 0.6 is 0 Å². The zero-order chi connectivity index (χ0) is 12.9. The Kier molecular flexibility index (Phi) is 10.7. The molecule has 1 amide bonds. The van der Waals surface area contributed by atoms with E-state index in [-0.39, 0.29) is 11.9 Å². The maximum absolute atomic E-state index is 11.3. The van der Waals surface area contributed by atoms with Crippen molar-refractivity contribution in [3.8, 4) is 0 Å². The van der Waals surface area contributed by atoms with Crippen LogP contribution in [-0.4, -0.2) is 25.5 Å². The van der Waals surface area contributed by atoms with E-state index in [9.17, 15) is 9.59 Å². The second-order valence-electron chi connectivity index (χ2n) is 4.19. The van der Waals surface area contributed by atoms with Crippen molar-refractivity contribution in [3.63, 3.8) is 0 Å². The predicted molar refractivity (Wildman–Crippen MR) is 67.6 cm³/mol. The van der Waals surface area contributed by atoms with Crippen LogP contribution in [0, 0.1) is 0 Å². The lowest BCUT2D eigenvalue weighted by atomic mass is 10.1. The molecule has 0 aromatic rings. The molecule has 0 saturated carbocycles. The van der Waals surface area contributed by atoms with E-state index >= 15 is 0 Å². The van der Waals surface area contributed by atoms with Crippen LogP contribution in [0.15, 0.2) is 0 Å². The summed E-state index contributed by atoms with van der Waals surface area (Å²) in [5.74, 6) is -0.00581. The molecule has 4 heteroatoms. The summed E-state index contributed by atoms with van der Waals surface area (Å²) < 4.78 is 4.55. The lowest BCUT2D eigenvalue weighted by Gasteiger charge is -2.04. The molecule has 0 aromatic heterocycles. The minimum absolute atomic E-state index is 0.145. The van der Waals surface area contributed by atoms with Crippen molar-refractivity contribution in [1.29, 1.82) is 0 Å². The summed E-state index contributed by atoms with van der Waals surface area (Å²) in [6.07, 6.45) is 6.97. The molecule has 17 heavy (non-hydrogen) atoms. The lowest BCUT2D eigenvalue weighted by molar-refractivity contribution is -0.140. The third-order valence-electron chi connectivity index (χ3n) is 2.61. The normalized spacial score (nSPS) is 10.0. The number of nitrogens with one attached hydrogen (secondary N) is 1. The largest absolute Gasteiger partial charge is 0.469 e. The van der Waals surface area contributed by atoms with E-state index in [1.165, 1.54) is 7.11 Å². The second kappa shape index (κ2) is 11.4. The molecular weight excluding hydrogens is 218 g/mol. The summed E-state index contributed by atoms with van der Waals surface area (Å²) in [7, 11) is 1.41. The Morgan fingerprint density at radius 2 is 1.65 bits per heavy atom. The molecule has 0 bridgehead atoms. The molecule has 0 radical (unpaired) electrons. The van der Waals surface area contributed by atoms with E-state index in [1.807, 2.05) is 0 Å². The van der Waals surface area contributed by atoms with Gasteiger partial charge in [-0.3, -0.25) is 9.59 Å². The number of hydrogen-bond donors (Lipinski definition) is 1. The molecule has 0 rings (SSSR count). The number of methoxy groups -OCH3 is 1. The molecule has 0 saturated heterocycles. The highest BCUT2D eigenvalue weighted by Gasteiger charge is 2.01. The van der Waals surface area contributed by atoms with E-state index < -0.39 is 0 Å². The fourth-order valence-corrected chi connectivity index (χ4v) is 1.50. The molecule has 0 aliphatic carbocycles. The van der Waals surface area contributed by atoms with Crippen LogP contribution in [0.4, 0.5) is 0 Å². The molecule has 100 valence electrons. The van der Waals surface area contributed by atoms with E-state index in [2.05, 4.69) is 17.0 Å². The summed E-state index contributed by atoms with van der Waals surface area (Å²) in [5, 5.41) is 2.89. The third-order valence-corrected chi connectivity index (χ3v) is 2.61. The first-order valence-electron chi connectivity index (χ1n) is 6.54. The van der Waals surface area contributed by atoms with Crippen molar-refractivity contribution < 1.29 is 14.3 Å². The number of esters is 1. The van der Waals surface area contributed by atoms with Gasteiger partial charge in [0.1, 0.15) is 0 Å². The van der Waals surface area contributed by atoms with Gasteiger partial charge in [-0.25, -0.2) is 0 Å². The summed E-state index contributed by atoms with van der Waals surface area (Å²) in [6.45, 7) is 2.89. The minimum Gasteiger partial charge on any atom is -0.469 e. The number of rotatable bonds is 10. The molecule has 0 aliphatic rings. The highest BCUT2D eigenvalue weighted by molar-refractivity contribution is 5.75. The highest BCUT2D eigenvalue weighted by atomic mass is 16.5. The van der Waals surface area contributed by atoms with E-state index in [1.54, 1.807) is 0 Å². The van der Waals surface area contributed by atoms with Crippen molar-refractivity contribution in [2.45, 2.75) is 58.3 Å². The second-order valence-corrected chi connectivity index (χ2v) is 4.19. The first-order chi connectivity index (χ1) is 8.20. The maximum Gasteiger partial charge on any atom is 0.305 e. The van der Waals surface area contributed by atoms with Gasteiger partial charge in [0.15, 0.2) is 0 Å². The number of carbonyl (C=O) groups is 2. The zero-order valence-corrected chi connectivity index (χ0v) is 11.1. The lowest BCUT2D eigenvalue weighted by Crippen LogP contribution is -2.23. The standard InChI is InChI=1S/C13H25NO3/c1-3-4-11-14-12(15)9-7-5-6-8-10-13(16)17-2/h3-11H2,1-2H3,(H,14,15). The van der Waals surface area contributed by atoms with Crippen LogP contribution in [0.25, 0.3) is 0 Å². The number of carbonyl (C=O) groups excluding carboxylic acids is 2. The molecule has 1 N–H and O–H groups in total. The molecule has 0 heterocycles. The Morgan fingerprint density at radius 1 is 1.00 bits per heavy atom. The van der Waals surface area contributed by atoms with Gasteiger partial charge in [0.05, 0.1) is 7.11 Å². The van der Waals surface area contributed by atoms with Gasteiger partial charge in [0.2, 0.25) is 5.91 Å². The zero-order valence-electron chi connectivity index (χ0n) is 11.1. The Hall–Kier alpha value is -1.06. The fraction of sp³-hybridized carbons (Fsp3) is 0.846. The summed E-state index contributed by atoms with van der Waals surface area (Å²) in [6, 6.07) is 0. The van der Waals surface area contributed by atoms with Crippen LogP contribution in [0.5, 0.6) is 0 Å². The van der Waals surface area contributed by atoms with Gasteiger partial charge < -0.3 is 10.1 Å². The van der Waals surface area contributed by atoms with Crippen LogP contribution in [0.1, 0.15) is 58.3 Å². The van der Waals surface area contributed by atoms with Crippen LogP contribution in [0.3, 0.4) is 0 Å². The molecule has 0 fully saturated rings. The number of unbranched alkanes of at least 4 members (excludes halogenated alkanes) is 4. The van der Waals surface area contributed by atoms with E-state index in [0.29, 0.717) is 12.8 Å². The molecule has 0 aliphatic heterocycles. The van der Waals surface area contributed by atoms with E-state index in [0.717, 1.165) is 45.1 Å². The Morgan fingerprint density at radius 3 is 2.24 bits per heavy atom. The van der Waals surface area contributed by atoms with Crippen LogP contribution < -0.4 is 5.32 Å². The topological polar surface area (TPSA) is 55.4 Å². The summed E-state index contributed by atoms with van der Waals surface area (Å²) in [5.41, 5.74) is 0. The predicted octanol–water partition coefficient (Wildman–Crippen LogP) is 2.42. The smallest absolute Gasteiger partial charge is 0.305 e. The van der Waals surface area contributed by atoms with Gasteiger partial charge in [-0.05, 0) is 19.3 Å². The molecule has 0 aromatic carbocycles. The highest BCUT2D eigenvalue weighted by Crippen LogP contribution is 2.05. The monoisotopic (exact) mass is 243 g/mol. The van der Waals surface area contributed by atoms with Crippen LogP contribution in [0.2, 0.25) is 0 Å². The Balaban J connectivity index is 3.22. The summed E-state index contributed by atoms with van der Waals surface area (Å²) >= 11 is 0. The summed E-state index contributed by atoms with van der Waals surface area (Å²) in [4.78, 5) is 22.1. The van der Waals surface area contributed by atoms with Gasteiger partial charge in [-0.2, -0.15) is 0 Å². The van der Waals surface area contributed by atoms with Crippen molar-refractivity contribution in [1.82, 2.24) is 5.32 Å². The van der Waals surface area contributed by atoms with Gasteiger partial charge in [0.25, 0.3) is 0 Å². The Labute approximate surface area is 104 Å². The van der Waals surface area contributed by atoms with Crippen molar-refractivity contribution in [3.05, 3.63) is 0 Å². The number of hydrogen-bond acceptors (Lipinski definition) is 3. The average Bonchev–Trinajstić information content (AvgIpc) is 2.33. The van der Waals surface area contributed by atoms with Gasteiger partial charge in [-0.1, -0.05) is 26.2 Å². The average molecular weight is 243 g/mol. The van der Waals surface area contributed by atoms with E-state index in [4.69, 9.17) is 0 Å². The first-order valence-corrected chi connectivity index (χ1v) is 6.54. The van der Waals surface area contributed by atoms with Gasteiger partial charge >= 0.3 is 5.97 Å². The number of amides is 1. The van der Waals surface area contributed by atoms with Gasteiger partial charge in [-0.15, -0.1) is 0 Å². The quantitative estimate of drug-likeness (QED) is 0.473. The fourth-order valence-electron chi connectivity index (χ4n) is 1.50. The maximum atomic E-state index is 11.3. The molecule has 0 spiro atoms. The SMILES string of the molecule is CCCCNC(=O)CCCCCCC(=O)OC. The Bertz CT molecular complexity index is 217. The minimum atomic E-state index is -0.151. The number of ether oxygens (including phenoxy) is 1. The van der Waals surface area contributed by atoms with Crippen molar-refractivity contribution >= 4 is 11.9 Å². The molecular formula is C13H25NO3. The third kappa shape index (κ3) is 11.2. The first kappa shape index (κ1) is 15.9. The van der Waals surface area contributed by atoms with Crippen molar-refractivity contribution in [2.75, 3.05) is 13.7 Å². The molecule has 0 atom stereocenters. The molecule has 4 nitrogen and oxygen atoms in total. The van der Waals surface area contributed by atoms with Crippen LogP contribution in [-0.2, 0) is 14.3 Å². The van der Waals surface area contributed by atoms with Crippen molar-refractivity contribution in [2.24, 2.45) is 0 Å².